The first kappa shape index (κ1) is 11.4. The maximum absolute atomic E-state index is 13.4. The van der Waals surface area contributed by atoms with Crippen LogP contribution in [-0.4, -0.2) is 36.0 Å². The van der Waals surface area contributed by atoms with Crippen LogP contribution in [0.5, 0.6) is 0 Å². The monoisotopic (exact) mass is 238 g/mol. The first-order valence-corrected chi connectivity index (χ1v) is 5.10. The molecule has 0 radical (unpaired) electrons. The summed E-state index contributed by atoms with van der Waals surface area (Å²) in [4.78, 5) is 11.9. The maximum Gasteiger partial charge on any atom is 0.372 e. The highest BCUT2D eigenvalue weighted by Gasteiger charge is 2.20. The summed E-state index contributed by atoms with van der Waals surface area (Å²) in [5.74, 6) is -0.544. The van der Waals surface area contributed by atoms with E-state index in [1.807, 2.05) is 13.8 Å². The molecular formula is C9H11FN6O. The van der Waals surface area contributed by atoms with Crippen LogP contribution in [0.2, 0.25) is 0 Å². The second-order valence-corrected chi connectivity index (χ2v) is 3.97. The molecule has 7 nitrogen and oxygen atoms in total. The first-order valence-electron chi connectivity index (χ1n) is 5.10. The Hall–Kier alpha value is -2.12. The Morgan fingerprint density at radius 2 is 2.24 bits per heavy atom. The Bertz CT molecular complexity index is 518. The molecule has 2 rings (SSSR count). The Morgan fingerprint density at radius 1 is 1.47 bits per heavy atom. The number of rotatable bonds is 2. The molecule has 0 aliphatic heterocycles. The largest absolute Gasteiger partial charge is 0.372 e. The van der Waals surface area contributed by atoms with Crippen molar-refractivity contribution in [2.24, 2.45) is 5.92 Å². The van der Waals surface area contributed by atoms with Gasteiger partial charge in [0.25, 0.3) is 5.95 Å². The number of halogens is 1. The maximum atomic E-state index is 13.4. The molecule has 90 valence electrons. The molecule has 0 fully saturated rings. The van der Waals surface area contributed by atoms with Gasteiger partial charge in [-0.05, 0) is 12.3 Å². The van der Waals surface area contributed by atoms with Gasteiger partial charge in [-0.15, -0.1) is 5.10 Å². The number of carbonyl (C=O) groups is 1. The summed E-state index contributed by atoms with van der Waals surface area (Å²) in [6, 6.07) is -0.602. The van der Waals surface area contributed by atoms with E-state index in [1.165, 1.54) is 12.4 Å². The lowest BCUT2D eigenvalue weighted by Crippen LogP contribution is -2.24. The molecule has 0 aliphatic rings. The SMILES string of the molecule is CC(C)Cc1c(F)nnn1C(=O)n1ccnn1. The van der Waals surface area contributed by atoms with Crippen molar-refractivity contribution < 1.29 is 9.18 Å². The summed E-state index contributed by atoms with van der Waals surface area (Å²) < 4.78 is 15.3. The van der Waals surface area contributed by atoms with Crippen molar-refractivity contribution in [1.82, 2.24) is 30.0 Å². The minimum Gasteiger partial charge on any atom is -0.243 e. The van der Waals surface area contributed by atoms with Gasteiger partial charge in [0.05, 0.1) is 12.4 Å². The minimum absolute atomic E-state index is 0.153. The normalized spacial score (nSPS) is 11.1. The predicted molar refractivity (Wildman–Crippen MR) is 54.7 cm³/mol. The van der Waals surface area contributed by atoms with E-state index in [0.29, 0.717) is 6.42 Å². The molecule has 0 spiro atoms. The van der Waals surface area contributed by atoms with E-state index >= 15 is 0 Å². The minimum atomic E-state index is -0.729. The van der Waals surface area contributed by atoms with Gasteiger partial charge in [-0.1, -0.05) is 29.4 Å². The van der Waals surface area contributed by atoms with Gasteiger partial charge in [-0.3, -0.25) is 0 Å². The fourth-order valence-corrected chi connectivity index (χ4v) is 1.40. The summed E-state index contributed by atoms with van der Waals surface area (Å²) in [6.07, 6.45) is 3.09. The Labute approximate surface area is 96.2 Å². The Kier molecular flexibility index (Phi) is 2.94. The number of carbonyl (C=O) groups excluding carboxylic acids is 1. The van der Waals surface area contributed by atoms with E-state index in [4.69, 9.17) is 0 Å². The molecule has 0 bridgehead atoms. The third-order valence-corrected chi connectivity index (χ3v) is 2.12. The van der Waals surface area contributed by atoms with E-state index in [9.17, 15) is 9.18 Å². The zero-order valence-electron chi connectivity index (χ0n) is 9.41. The smallest absolute Gasteiger partial charge is 0.243 e. The highest BCUT2D eigenvalue weighted by Crippen LogP contribution is 2.10. The molecule has 0 unspecified atom stereocenters. The average molecular weight is 238 g/mol. The lowest BCUT2D eigenvalue weighted by molar-refractivity contribution is 0.236. The fourth-order valence-electron chi connectivity index (χ4n) is 1.40. The van der Waals surface area contributed by atoms with Gasteiger partial charge in [0.15, 0.2) is 0 Å². The summed E-state index contributed by atoms with van der Waals surface area (Å²) in [5.41, 5.74) is 0.153. The zero-order chi connectivity index (χ0) is 12.4. The van der Waals surface area contributed by atoms with Crippen molar-refractivity contribution in [1.29, 1.82) is 0 Å². The van der Waals surface area contributed by atoms with Crippen LogP contribution in [0, 0.1) is 11.9 Å². The van der Waals surface area contributed by atoms with E-state index in [1.54, 1.807) is 0 Å². The molecule has 2 aromatic heterocycles. The second kappa shape index (κ2) is 4.40. The highest BCUT2D eigenvalue weighted by atomic mass is 19.1. The van der Waals surface area contributed by atoms with Crippen LogP contribution in [0.25, 0.3) is 0 Å². The van der Waals surface area contributed by atoms with Gasteiger partial charge < -0.3 is 0 Å². The zero-order valence-corrected chi connectivity index (χ0v) is 9.41. The third-order valence-electron chi connectivity index (χ3n) is 2.12. The van der Waals surface area contributed by atoms with E-state index in [2.05, 4.69) is 20.6 Å². The summed E-state index contributed by atoms with van der Waals surface area (Å²) >= 11 is 0. The standard InChI is InChI=1S/C9H11FN6O/c1-6(2)5-7-8(10)12-14-16(7)9(17)15-4-3-11-13-15/h3-4,6H,5H2,1-2H3. The van der Waals surface area contributed by atoms with Crippen LogP contribution in [0.3, 0.4) is 0 Å². The molecule has 17 heavy (non-hydrogen) atoms. The lowest BCUT2D eigenvalue weighted by atomic mass is 10.1. The van der Waals surface area contributed by atoms with Gasteiger partial charge in [0.2, 0.25) is 0 Å². The molecule has 2 aromatic rings. The number of hydrogen-bond donors (Lipinski definition) is 0. The quantitative estimate of drug-likeness (QED) is 0.770. The molecule has 0 amide bonds. The fraction of sp³-hybridized carbons (Fsp3) is 0.444. The summed E-state index contributed by atoms with van der Waals surface area (Å²) in [6.45, 7) is 3.83. The predicted octanol–water partition coefficient (Wildman–Crippen LogP) is 0.724. The second-order valence-electron chi connectivity index (χ2n) is 3.97. The number of hydrogen-bond acceptors (Lipinski definition) is 5. The molecule has 8 heteroatoms. The van der Waals surface area contributed by atoms with Crippen molar-refractivity contribution in [3.8, 4) is 0 Å². The molecule has 0 atom stereocenters. The average Bonchev–Trinajstić information content (AvgIpc) is 2.88. The van der Waals surface area contributed by atoms with Gasteiger partial charge >= 0.3 is 6.03 Å². The van der Waals surface area contributed by atoms with Gasteiger partial charge in [-0.25, -0.2) is 4.79 Å². The first-order chi connectivity index (χ1) is 8.09. The molecule has 2 heterocycles. The van der Waals surface area contributed by atoms with Crippen molar-refractivity contribution in [3.05, 3.63) is 24.0 Å². The van der Waals surface area contributed by atoms with Crippen molar-refractivity contribution in [3.63, 3.8) is 0 Å². The summed E-state index contributed by atoms with van der Waals surface area (Å²) in [7, 11) is 0. The molecule has 0 aliphatic carbocycles. The van der Waals surface area contributed by atoms with Crippen LogP contribution in [0.15, 0.2) is 12.4 Å². The van der Waals surface area contributed by atoms with Crippen LogP contribution >= 0.6 is 0 Å². The molecule has 0 saturated carbocycles. The number of aromatic nitrogens is 6. The van der Waals surface area contributed by atoms with Gasteiger partial charge in [0.1, 0.15) is 5.69 Å². The van der Waals surface area contributed by atoms with E-state index in [-0.39, 0.29) is 11.6 Å². The Balaban J connectivity index is 2.36. The van der Waals surface area contributed by atoms with E-state index in [0.717, 1.165) is 9.36 Å². The topological polar surface area (TPSA) is 78.5 Å². The van der Waals surface area contributed by atoms with Gasteiger partial charge in [-0.2, -0.15) is 13.8 Å². The third kappa shape index (κ3) is 2.19. The van der Waals surface area contributed by atoms with Crippen LogP contribution in [0.1, 0.15) is 19.5 Å². The van der Waals surface area contributed by atoms with Crippen molar-refractivity contribution in [2.75, 3.05) is 0 Å². The molecule has 0 N–H and O–H groups in total. The van der Waals surface area contributed by atoms with E-state index < -0.39 is 12.0 Å². The van der Waals surface area contributed by atoms with Crippen LogP contribution in [-0.2, 0) is 6.42 Å². The molecular weight excluding hydrogens is 227 g/mol. The Morgan fingerprint density at radius 3 is 2.82 bits per heavy atom. The molecule has 0 saturated heterocycles. The van der Waals surface area contributed by atoms with Crippen LogP contribution in [0.4, 0.5) is 9.18 Å². The molecule has 0 aromatic carbocycles. The van der Waals surface area contributed by atoms with Gasteiger partial charge in [0, 0.05) is 0 Å². The van der Waals surface area contributed by atoms with Crippen molar-refractivity contribution in [2.45, 2.75) is 20.3 Å². The highest BCUT2D eigenvalue weighted by molar-refractivity contribution is 5.77. The number of nitrogens with zero attached hydrogens (tertiary/aromatic N) is 6. The summed E-state index contributed by atoms with van der Waals surface area (Å²) in [5, 5.41) is 13.8. The lowest BCUT2D eigenvalue weighted by Gasteiger charge is -2.06. The van der Waals surface area contributed by atoms with Crippen LogP contribution < -0.4 is 0 Å². The van der Waals surface area contributed by atoms with Crippen molar-refractivity contribution >= 4 is 6.03 Å².